The summed E-state index contributed by atoms with van der Waals surface area (Å²) in [6, 6.07) is 5.84. The van der Waals surface area contributed by atoms with E-state index in [1.54, 1.807) is 4.57 Å². The van der Waals surface area contributed by atoms with Crippen molar-refractivity contribution in [3.8, 4) is 11.4 Å². The van der Waals surface area contributed by atoms with Crippen LogP contribution < -0.4 is 11.2 Å². The minimum Gasteiger partial charge on any atom is -0.349 e. The molecule has 3 rings (SSSR count). The van der Waals surface area contributed by atoms with Crippen LogP contribution in [-0.4, -0.2) is 18.7 Å². The molecule has 3 heterocycles. The zero-order chi connectivity index (χ0) is 16.6. The van der Waals surface area contributed by atoms with Crippen LogP contribution in [0.5, 0.6) is 0 Å². The summed E-state index contributed by atoms with van der Waals surface area (Å²) in [6.45, 7) is 5.03. The molecule has 0 unspecified atom stereocenters. The molecule has 0 saturated carbocycles. The second-order valence-electron chi connectivity index (χ2n) is 5.84. The van der Waals surface area contributed by atoms with Crippen molar-refractivity contribution in [2.45, 2.75) is 39.8 Å². The SMILES string of the molecule is CCCn1c(=O)c2[nH]c(-c3cccn3C)cc2n(CCC)c1=O. The molecule has 0 aliphatic rings. The number of fused-ring (bicyclic) bond motifs is 1. The van der Waals surface area contributed by atoms with E-state index in [0.29, 0.717) is 24.1 Å². The van der Waals surface area contributed by atoms with Gasteiger partial charge in [0.2, 0.25) is 0 Å². The number of hydrogen-bond acceptors (Lipinski definition) is 2. The molecule has 0 atom stereocenters. The van der Waals surface area contributed by atoms with Gasteiger partial charge in [-0.25, -0.2) is 4.79 Å². The molecule has 0 aliphatic carbocycles. The van der Waals surface area contributed by atoms with Gasteiger partial charge in [0, 0.05) is 26.3 Å². The molecule has 0 bridgehead atoms. The molecule has 23 heavy (non-hydrogen) atoms. The van der Waals surface area contributed by atoms with Crippen molar-refractivity contribution in [2.24, 2.45) is 7.05 Å². The Labute approximate surface area is 134 Å². The lowest BCUT2D eigenvalue weighted by molar-refractivity contribution is 0.558. The van der Waals surface area contributed by atoms with Gasteiger partial charge in [-0.1, -0.05) is 13.8 Å². The second-order valence-corrected chi connectivity index (χ2v) is 5.84. The average Bonchev–Trinajstić information content (AvgIpc) is 3.14. The number of nitrogens with zero attached hydrogens (tertiary/aromatic N) is 3. The standard InChI is InChI=1S/C17H22N4O2/c1-4-8-20-14-11-12(13-7-6-10-19(13)3)18-15(14)16(22)21(9-5-2)17(20)23/h6-7,10-11,18H,4-5,8-9H2,1-3H3. The summed E-state index contributed by atoms with van der Waals surface area (Å²) in [6.07, 6.45) is 3.54. The van der Waals surface area contributed by atoms with Gasteiger partial charge in [0.15, 0.2) is 0 Å². The Morgan fingerprint density at radius 2 is 1.78 bits per heavy atom. The Balaban J connectivity index is 2.34. The molecular weight excluding hydrogens is 292 g/mol. The van der Waals surface area contributed by atoms with Crippen molar-refractivity contribution in [1.82, 2.24) is 18.7 Å². The number of rotatable bonds is 5. The first-order valence-electron chi connectivity index (χ1n) is 8.06. The minimum atomic E-state index is -0.236. The fourth-order valence-electron chi connectivity index (χ4n) is 3.03. The summed E-state index contributed by atoms with van der Waals surface area (Å²) in [5, 5.41) is 0. The molecule has 0 saturated heterocycles. The number of aryl methyl sites for hydroxylation is 2. The van der Waals surface area contributed by atoms with Gasteiger partial charge in [0.05, 0.1) is 16.9 Å². The van der Waals surface area contributed by atoms with Crippen molar-refractivity contribution in [3.05, 3.63) is 45.2 Å². The Hall–Kier alpha value is -2.50. The van der Waals surface area contributed by atoms with Crippen molar-refractivity contribution < 1.29 is 0 Å². The van der Waals surface area contributed by atoms with Gasteiger partial charge >= 0.3 is 5.69 Å². The maximum Gasteiger partial charge on any atom is 0.331 e. The van der Waals surface area contributed by atoms with E-state index in [4.69, 9.17) is 0 Å². The highest BCUT2D eigenvalue weighted by Crippen LogP contribution is 2.22. The topological polar surface area (TPSA) is 64.7 Å². The first-order valence-corrected chi connectivity index (χ1v) is 8.06. The van der Waals surface area contributed by atoms with E-state index in [0.717, 1.165) is 24.2 Å². The normalized spacial score (nSPS) is 11.4. The first kappa shape index (κ1) is 15.4. The molecule has 6 nitrogen and oxygen atoms in total. The molecule has 0 radical (unpaired) electrons. The van der Waals surface area contributed by atoms with Crippen LogP contribution in [0.3, 0.4) is 0 Å². The molecular formula is C17H22N4O2. The van der Waals surface area contributed by atoms with Gasteiger partial charge in [0.1, 0.15) is 5.52 Å². The van der Waals surface area contributed by atoms with E-state index in [9.17, 15) is 9.59 Å². The maximum absolute atomic E-state index is 12.7. The third kappa shape index (κ3) is 2.44. The Morgan fingerprint density at radius 1 is 1.09 bits per heavy atom. The second kappa shape index (κ2) is 5.95. The van der Waals surface area contributed by atoms with E-state index < -0.39 is 0 Å². The zero-order valence-electron chi connectivity index (χ0n) is 13.8. The highest BCUT2D eigenvalue weighted by Gasteiger charge is 2.16. The molecule has 3 aromatic rings. The fraction of sp³-hybridized carbons (Fsp3) is 0.412. The van der Waals surface area contributed by atoms with Crippen LogP contribution in [0, 0.1) is 0 Å². The highest BCUT2D eigenvalue weighted by atomic mass is 16.2. The Morgan fingerprint density at radius 3 is 2.39 bits per heavy atom. The maximum atomic E-state index is 12.7. The third-order valence-corrected chi connectivity index (χ3v) is 4.12. The molecule has 0 amide bonds. The highest BCUT2D eigenvalue weighted by molar-refractivity contribution is 5.81. The number of nitrogens with one attached hydrogen (secondary N) is 1. The summed E-state index contributed by atoms with van der Waals surface area (Å²) >= 11 is 0. The molecule has 0 fully saturated rings. The zero-order valence-corrected chi connectivity index (χ0v) is 13.8. The number of hydrogen-bond donors (Lipinski definition) is 1. The van der Waals surface area contributed by atoms with Gasteiger partial charge in [0.25, 0.3) is 5.56 Å². The minimum absolute atomic E-state index is 0.219. The lowest BCUT2D eigenvalue weighted by atomic mass is 10.3. The van der Waals surface area contributed by atoms with Crippen LogP contribution in [0.25, 0.3) is 22.4 Å². The summed E-state index contributed by atoms with van der Waals surface area (Å²) in [5.74, 6) is 0. The van der Waals surface area contributed by atoms with Crippen LogP contribution in [0.2, 0.25) is 0 Å². The summed E-state index contributed by atoms with van der Waals surface area (Å²) in [5.41, 5.74) is 2.57. The smallest absolute Gasteiger partial charge is 0.331 e. The van der Waals surface area contributed by atoms with Crippen LogP contribution in [0.15, 0.2) is 34.0 Å². The monoisotopic (exact) mass is 314 g/mol. The van der Waals surface area contributed by atoms with E-state index in [1.165, 1.54) is 4.57 Å². The van der Waals surface area contributed by atoms with Crippen LogP contribution in [0.4, 0.5) is 0 Å². The number of aromatic amines is 1. The molecule has 122 valence electrons. The van der Waals surface area contributed by atoms with Crippen molar-refractivity contribution in [2.75, 3.05) is 0 Å². The molecule has 0 aromatic carbocycles. The molecule has 3 aromatic heterocycles. The predicted octanol–water partition coefficient (Wildman–Crippen LogP) is 2.32. The number of H-pyrrole nitrogens is 1. The van der Waals surface area contributed by atoms with Crippen molar-refractivity contribution in [1.29, 1.82) is 0 Å². The van der Waals surface area contributed by atoms with Crippen molar-refractivity contribution in [3.63, 3.8) is 0 Å². The van der Waals surface area contributed by atoms with E-state index in [2.05, 4.69) is 4.98 Å². The molecule has 6 heteroatoms. The lowest BCUT2D eigenvalue weighted by Crippen LogP contribution is -2.39. The van der Waals surface area contributed by atoms with Gasteiger partial charge in [-0.05, 0) is 31.0 Å². The van der Waals surface area contributed by atoms with Crippen LogP contribution in [-0.2, 0) is 20.1 Å². The van der Waals surface area contributed by atoms with Gasteiger partial charge in [-0.2, -0.15) is 0 Å². The Bertz CT molecular complexity index is 955. The van der Waals surface area contributed by atoms with Crippen molar-refractivity contribution >= 4 is 11.0 Å². The Kier molecular flexibility index (Phi) is 3.98. The predicted molar refractivity (Wildman–Crippen MR) is 91.8 cm³/mol. The quantitative estimate of drug-likeness (QED) is 0.785. The molecule has 0 spiro atoms. The van der Waals surface area contributed by atoms with E-state index >= 15 is 0 Å². The summed E-state index contributed by atoms with van der Waals surface area (Å²) in [7, 11) is 1.95. The third-order valence-electron chi connectivity index (χ3n) is 4.12. The lowest BCUT2D eigenvalue weighted by Gasteiger charge is -2.10. The fourth-order valence-corrected chi connectivity index (χ4v) is 3.03. The first-order chi connectivity index (χ1) is 11.1. The number of aromatic nitrogens is 4. The van der Waals surface area contributed by atoms with Gasteiger partial charge < -0.3 is 9.55 Å². The largest absolute Gasteiger partial charge is 0.349 e. The summed E-state index contributed by atoms with van der Waals surface area (Å²) < 4.78 is 5.02. The van der Waals surface area contributed by atoms with Crippen LogP contribution in [0.1, 0.15) is 26.7 Å². The van der Waals surface area contributed by atoms with Gasteiger partial charge in [-0.15, -0.1) is 0 Å². The molecule has 1 N–H and O–H groups in total. The summed E-state index contributed by atoms with van der Waals surface area (Å²) in [4.78, 5) is 28.5. The molecule has 0 aliphatic heterocycles. The van der Waals surface area contributed by atoms with E-state index in [-0.39, 0.29) is 11.2 Å². The van der Waals surface area contributed by atoms with Gasteiger partial charge in [-0.3, -0.25) is 13.9 Å². The van der Waals surface area contributed by atoms with E-state index in [1.807, 2.05) is 49.9 Å². The van der Waals surface area contributed by atoms with Crippen LogP contribution >= 0.6 is 0 Å². The average molecular weight is 314 g/mol.